The highest BCUT2D eigenvalue weighted by Gasteiger charge is 2.15. The van der Waals surface area contributed by atoms with Crippen LogP contribution in [0.4, 0.5) is 8.78 Å². The summed E-state index contributed by atoms with van der Waals surface area (Å²) in [5.41, 5.74) is 0. The molecule has 0 aliphatic carbocycles. The Hall–Kier alpha value is -0.650. The van der Waals surface area contributed by atoms with Crippen molar-refractivity contribution in [3.8, 4) is 0 Å². The molecule has 1 unspecified atom stereocenters. The van der Waals surface area contributed by atoms with Crippen LogP contribution in [-0.2, 0) is 0 Å². The Labute approximate surface area is 98.1 Å². The molecule has 0 spiro atoms. The molecule has 0 aromatic heterocycles. The summed E-state index contributed by atoms with van der Waals surface area (Å²) in [6.45, 7) is 0.538. The summed E-state index contributed by atoms with van der Waals surface area (Å²) in [5.74, 6) is 0.792. The molecule has 0 aliphatic heterocycles. The van der Waals surface area contributed by atoms with E-state index in [1.165, 1.54) is 0 Å². The highest BCUT2D eigenvalue weighted by atomic mass is 32.2. The van der Waals surface area contributed by atoms with Gasteiger partial charge in [0.2, 0.25) is 0 Å². The molecule has 0 amide bonds. The molecule has 0 saturated carbocycles. The standard InChI is InChI=1S/C11H15F2NOS/c12-11(13)10(15)8-14-6-7-16-9-4-2-1-3-5-9/h1-5,10-11,14-15H,6-8H2. The summed E-state index contributed by atoms with van der Waals surface area (Å²) < 4.78 is 23.8. The Bertz CT molecular complexity index is 285. The number of benzene rings is 1. The molecule has 0 saturated heterocycles. The van der Waals surface area contributed by atoms with Crippen LogP contribution in [0.3, 0.4) is 0 Å². The highest BCUT2D eigenvalue weighted by Crippen LogP contribution is 2.15. The molecular formula is C11H15F2NOS. The van der Waals surface area contributed by atoms with Gasteiger partial charge in [-0.25, -0.2) is 8.78 Å². The molecule has 1 aromatic rings. The van der Waals surface area contributed by atoms with Gasteiger partial charge in [-0.05, 0) is 12.1 Å². The Morgan fingerprint density at radius 2 is 1.94 bits per heavy atom. The van der Waals surface area contributed by atoms with E-state index in [1.54, 1.807) is 11.8 Å². The molecule has 0 heterocycles. The smallest absolute Gasteiger partial charge is 0.265 e. The van der Waals surface area contributed by atoms with Gasteiger partial charge in [0, 0.05) is 23.7 Å². The second-order valence-corrected chi connectivity index (χ2v) is 4.44. The van der Waals surface area contributed by atoms with Crippen molar-refractivity contribution >= 4 is 11.8 Å². The lowest BCUT2D eigenvalue weighted by Crippen LogP contribution is -2.33. The van der Waals surface area contributed by atoms with Gasteiger partial charge in [0.1, 0.15) is 6.10 Å². The van der Waals surface area contributed by atoms with Crippen molar-refractivity contribution in [1.29, 1.82) is 0 Å². The lowest BCUT2D eigenvalue weighted by molar-refractivity contribution is -0.00291. The largest absolute Gasteiger partial charge is 0.386 e. The molecule has 90 valence electrons. The van der Waals surface area contributed by atoms with E-state index in [2.05, 4.69) is 5.32 Å². The fraction of sp³-hybridized carbons (Fsp3) is 0.455. The summed E-state index contributed by atoms with van der Waals surface area (Å²) in [6, 6.07) is 9.85. The zero-order valence-electron chi connectivity index (χ0n) is 8.77. The van der Waals surface area contributed by atoms with Gasteiger partial charge in [-0.2, -0.15) is 0 Å². The van der Waals surface area contributed by atoms with E-state index in [-0.39, 0.29) is 6.54 Å². The minimum absolute atomic E-state index is 0.0625. The molecule has 5 heteroatoms. The van der Waals surface area contributed by atoms with Crippen LogP contribution in [0.5, 0.6) is 0 Å². The summed E-state index contributed by atoms with van der Waals surface area (Å²) >= 11 is 1.65. The first-order valence-electron chi connectivity index (χ1n) is 5.05. The van der Waals surface area contributed by atoms with Crippen LogP contribution in [0.25, 0.3) is 0 Å². The number of hydrogen-bond donors (Lipinski definition) is 2. The maximum atomic E-state index is 11.9. The number of aliphatic hydroxyl groups is 1. The van der Waals surface area contributed by atoms with Gasteiger partial charge in [0.15, 0.2) is 0 Å². The second-order valence-electron chi connectivity index (χ2n) is 3.27. The maximum absolute atomic E-state index is 11.9. The van der Waals surface area contributed by atoms with Crippen LogP contribution in [0.1, 0.15) is 0 Å². The van der Waals surface area contributed by atoms with Gasteiger partial charge in [-0.3, -0.25) is 0 Å². The first kappa shape index (κ1) is 13.4. The predicted molar refractivity (Wildman–Crippen MR) is 62.0 cm³/mol. The van der Waals surface area contributed by atoms with Crippen molar-refractivity contribution in [2.75, 3.05) is 18.8 Å². The van der Waals surface area contributed by atoms with Crippen molar-refractivity contribution in [1.82, 2.24) is 5.32 Å². The average molecular weight is 247 g/mol. The van der Waals surface area contributed by atoms with Gasteiger partial charge in [0.25, 0.3) is 6.43 Å². The zero-order chi connectivity index (χ0) is 11.8. The summed E-state index contributed by atoms with van der Waals surface area (Å²) in [4.78, 5) is 1.15. The van der Waals surface area contributed by atoms with Crippen LogP contribution < -0.4 is 5.32 Å². The van der Waals surface area contributed by atoms with E-state index >= 15 is 0 Å². The molecule has 0 aliphatic rings. The number of alkyl halides is 2. The van der Waals surface area contributed by atoms with Crippen LogP contribution in [0.15, 0.2) is 35.2 Å². The average Bonchev–Trinajstić information content (AvgIpc) is 2.29. The monoisotopic (exact) mass is 247 g/mol. The van der Waals surface area contributed by atoms with E-state index in [0.29, 0.717) is 6.54 Å². The Kier molecular flexibility index (Phi) is 6.37. The molecule has 0 radical (unpaired) electrons. The third-order valence-corrected chi connectivity index (χ3v) is 2.95. The van der Waals surface area contributed by atoms with Crippen LogP contribution in [0.2, 0.25) is 0 Å². The molecule has 2 N–H and O–H groups in total. The van der Waals surface area contributed by atoms with Crippen LogP contribution >= 0.6 is 11.8 Å². The minimum Gasteiger partial charge on any atom is -0.386 e. The van der Waals surface area contributed by atoms with Crippen molar-refractivity contribution in [3.05, 3.63) is 30.3 Å². The molecule has 1 aromatic carbocycles. The molecule has 1 rings (SSSR count). The lowest BCUT2D eigenvalue weighted by Gasteiger charge is -2.10. The Morgan fingerprint density at radius 3 is 2.56 bits per heavy atom. The summed E-state index contributed by atoms with van der Waals surface area (Å²) in [6.07, 6.45) is -4.24. The number of nitrogens with one attached hydrogen (secondary N) is 1. The molecule has 0 bridgehead atoms. The van der Waals surface area contributed by atoms with E-state index in [9.17, 15) is 8.78 Å². The van der Waals surface area contributed by atoms with E-state index in [1.807, 2.05) is 30.3 Å². The maximum Gasteiger partial charge on any atom is 0.265 e. The third-order valence-electron chi connectivity index (χ3n) is 1.94. The van der Waals surface area contributed by atoms with E-state index in [4.69, 9.17) is 5.11 Å². The second kappa shape index (κ2) is 7.60. The summed E-state index contributed by atoms with van der Waals surface area (Å²) in [7, 11) is 0. The first-order valence-corrected chi connectivity index (χ1v) is 6.03. The lowest BCUT2D eigenvalue weighted by atomic mass is 10.4. The van der Waals surface area contributed by atoms with Crippen molar-refractivity contribution < 1.29 is 13.9 Å². The number of aliphatic hydroxyl groups excluding tert-OH is 1. The fourth-order valence-electron chi connectivity index (χ4n) is 1.10. The van der Waals surface area contributed by atoms with Gasteiger partial charge < -0.3 is 10.4 Å². The van der Waals surface area contributed by atoms with Crippen molar-refractivity contribution in [2.45, 2.75) is 17.4 Å². The molecule has 0 fully saturated rings. The number of hydrogen-bond acceptors (Lipinski definition) is 3. The van der Waals surface area contributed by atoms with Gasteiger partial charge >= 0.3 is 0 Å². The van der Waals surface area contributed by atoms with Gasteiger partial charge in [-0.1, -0.05) is 18.2 Å². The Balaban J connectivity index is 2.04. The molecule has 2 nitrogen and oxygen atoms in total. The SMILES string of the molecule is OC(CNCCSc1ccccc1)C(F)F. The topological polar surface area (TPSA) is 32.3 Å². The quantitative estimate of drug-likeness (QED) is 0.571. The normalized spacial score (nSPS) is 13.0. The van der Waals surface area contributed by atoms with Gasteiger partial charge in [-0.15, -0.1) is 11.8 Å². The van der Waals surface area contributed by atoms with Crippen molar-refractivity contribution in [3.63, 3.8) is 0 Å². The third kappa shape index (κ3) is 5.44. The summed E-state index contributed by atoms with van der Waals surface area (Å²) in [5, 5.41) is 11.6. The van der Waals surface area contributed by atoms with Crippen LogP contribution in [-0.4, -0.2) is 36.5 Å². The predicted octanol–water partition coefficient (Wildman–Crippen LogP) is 1.99. The zero-order valence-corrected chi connectivity index (χ0v) is 9.59. The fourth-order valence-corrected chi connectivity index (χ4v) is 1.93. The Morgan fingerprint density at radius 1 is 1.25 bits per heavy atom. The van der Waals surface area contributed by atoms with E-state index in [0.717, 1.165) is 10.6 Å². The van der Waals surface area contributed by atoms with Gasteiger partial charge in [0.05, 0.1) is 0 Å². The van der Waals surface area contributed by atoms with E-state index < -0.39 is 12.5 Å². The number of halogens is 2. The number of rotatable bonds is 7. The minimum atomic E-state index is -2.67. The molecular weight excluding hydrogens is 232 g/mol. The molecule has 1 atom stereocenters. The first-order chi connectivity index (χ1) is 7.70. The molecule has 16 heavy (non-hydrogen) atoms. The van der Waals surface area contributed by atoms with Crippen molar-refractivity contribution in [2.24, 2.45) is 0 Å². The highest BCUT2D eigenvalue weighted by molar-refractivity contribution is 7.99. The number of thioether (sulfide) groups is 1. The van der Waals surface area contributed by atoms with Crippen LogP contribution in [0, 0.1) is 0 Å².